The van der Waals surface area contributed by atoms with Crippen molar-refractivity contribution in [2.24, 2.45) is 0 Å². The molecular weight excluding hydrogens is 256 g/mol. The van der Waals surface area contributed by atoms with Crippen LogP contribution in [0.2, 0.25) is 0 Å². The second-order valence-corrected chi connectivity index (χ2v) is 5.26. The van der Waals surface area contributed by atoms with E-state index in [4.69, 9.17) is 5.11 Å². The molecule has 1 unspecified atom stereocenters. The molecule has 1 atom stereocenters. The van der Waals surface area contributed by atoms with Gasteiger partial charge in [0, 0.05) is 18.3 Å². The standard InChI is InChI=1S/C15H22N2O3/c1-2-11(7-8-18)16-14-12(15(19)20)9-10-5-3-4-6-13(10)17-14/h9,11,18H,2-8H2,1H3,(H,16,17)(H,19,20). The van der Waals surface area contributed by atoms with E-state index in [0.29, 0.717) is 12.2 Å². The van der Waals surface area contributed by atoms with E-state index in [0.717, 1.165) is 43.4 Å². The zero-order valence-electron chi connectivity index (χ0n) is 11.9. The molecule has 3 N–H and O–H groups in total. The molecule has 0 aromatic carbocycles. The second-order valence-electron chi connectivity index (χ2n) is 5.26. The van der Waals surface area contributed by atoms with E-state index in [9.17, 15) is 9.90 Å². The summed E-state index contributed by atoms with van der Waals surface area (Å²) in [5.41, 5.74) is 2.32. The van der Waals surface area contributed by atoms with Gasteiger partial charge in [-0.3, -0.25) is 0 Å². The number of carboxylic acid groups (broad SMARTS) is 1. The van der Waals surface area contributed by atoms with Gasteiger partial charge in [-0.15, -0.1) is 0 Å². The molecule has 0 radical (unpaired) electrons. The summed E-state index contributed by atoms with van der Waals surface area (Å²) >= 11 is 0. The number of aliphatic hydroxyl groups excluding tert-OH is 1. The zero-order valence-corrected chi connectivity index (χ0v) is 11.9. The topological polar surface area (TPSA) is 82.5 Å². The van der Waals surface area contributed by atoms with Crippen LogP contribution in [0.25, 0.3) is 0 Å². The van der Waals surface area contributed by atoms with Crippen LogP contribution >= 0.6 is 0 Å². The lowest BCUT2D eigenvalue weighted by Gasteiger charge is -2.21. The Kier molecular flexibility index (Phi) is 4.95. The van der Waals surface area contributed by atoms with Gasteiger partial charge in [-0.25, -0.2) is 9.78 Å². The van der Waals surface area contributed by atoms with Crippen LogP contribution in [0, 0.1) is 0 Å². The Morgan fingerprint density at radius 2 is 2.20 bits per heavy atom. The fraction of sp³-hybridized carbons (Fsp3) is 0.600. The quantitative estimate of drug-likeness (QED) is 0.743. The molecule has 1 aliphatic carbocycles. The maximum absolute atomic E-state index is 11.4. The largest absolute Gasteiger partial charge is 0.478 e. The Morgan fingerprint density at radius 1 is 1.45 bits per heavy atom. The van der Waals surface area contributed by atoms with E-state index in [2.05, 4.69) is 10.3 Å². The van der Waals surface area contributed by atoms with E-state index >= 15 is 0 Å². The smallest absolute Gasteiger partial charge is 0.339 e. The number of aromatic nitrogens is 1. The predicted molar refractivity (Wildman–Crippen MR) is 77.2 cm³/mol. The van der Waals surface area contributed by atoms with Gasteiger partial charge in [0.25, 0.3) is 0 Å². The average molecular weight is 278 g/mol. The maximum Gasteiger partial charge on any atom is 0.339 e. The number of carboxylic acids is 1. The van der Waals surface area contributed by atoms with Crippen LogP contribution in [0.4, 0.5) is 5.82 Å². The minimum Gasteiger partial charge on any atom is -0.478 e. The summed E-state index contributed by atoms with van der Waals surface area (Å²) in [6, 6.07) is 1.81. The molecule has 1 aromatic rings. The Hall–Kier alpha value is -1.62. The highest BCUT2D eigenvalue weighted by molar-refractivity contribution is 5.93. The van der Waals surface area contributed by atoms with E-state index in [1.165, 1.54) is 0 Å². The SMILES string of the molecule is CCC(CCO)Nc1nc2c(cc1C(=O)O)CCCC2. The fourth-order valence-electron chi connectivity index (χ4n) is 2.63. The van der Waals surface area contributed by atoms with Crippen LogP contribution in [-0.2, 0) is 12.8 Å². The molecule has 0 bridgehead atoms. The van der Waals surface area contributed by atoms with Gasteiger partial charge in [-0.2, -0.15) is 0 Å². The molecule has 1 heterocycles. The van der Waals surface area contributed by atoms with Gasteiger partial charge in [-0.05, 0) is 50.2 Å². The van der Waals surface area contributed by atoms with Crippen LogP contribution in [0.3, 0.4) is 0 Å². The number of anilines is 1. The van der Waals surface area contributed by atoms with Gasteiger partial charge in [0.15, 0.2) is 0 Å². The van der Waals surface area contributed by atoms with Gasteiger partial charge < -0.3 is 15.5 Å². The van der Waals surface area contributed by atoms with Gasteiger partial charge in [0.1, 0.15) is 11.4 Å². The van der Waals surface area contributed by atoms with Crippen molar-refractivity contribution >= 4 is 11.8 Å². The highest BCUT2D eigenvalue weighted by Crippen LogP contribution is 2.25. The molecule has 1 aliphatic rings. The van der Waals surface area contributed by atoms with Crippen molar-refractivity contribution in [3.05, 3.63) is 22.9 Å². The number of rotatable bonds is 6. The number of fused-ring (bicyclic) bond motifs is 1. The lowest BCUT2D eigenvalue weighted by Crippen LogP contribution is -2.23. The third-order valence-corrected chi connectivity index (χ3v) is 3.84. The predicted octanol–water partition coefficient (Wildman–Crippen LogP) is 2.23. The third-order valence-electron chi connectivity index (χ3n) is 3.84. The summed E-state index contributed by atoms with van der Waals surface area (Å²) in [4.78, 5) is 15.9. The molecule has 2 rings (SSSR count). The Morgan fingerprint density at radius 3 is 2.85 bits per heavy atom. The van der Waals surface area contributed by atoms with Gasteiger partial charge >= 0.3 is 5.97 Å². The number of carbonyl (C=O) groups is 1. The third kappa shape index (κ3) is 3.28. The Labute approximate surface area is 119 Å². The summed E-state index contributed by atoms with van der Waals surface area (Å²) in [7, 11) is 0. The monoisotopic (exact) mass is 278 g/mol. The molecule has 1 aromatic heterocycles. The van der Waals surface area contributed by atoms with Crippen molar-refractivity contribution in [1.82, 2.24) is 4.98 Å². The number of nitrogens with one attached hydrogen (secondary N) is 1. The molecular formula is C15H22N2O3. The van der Waals surface area contributed by atoms with Crippen LogP contribution in [0.5, 0.6) is 0 Å². The van der Waals surface area contributed by atoms with Crippen molar-refractivity contribution in [3.63, 3.8) is 0 Å². The Balaban J connectivity index is 2.31. The van der Waals surface area contributed by atoms with Crippen LogP contribution in [-0.4, -0.2) is 33.8 Å². The van der Waals surface area contributed by atoms with Crippen molar-refractivity contribution in [3.8, 4) is 0 Å². The first-order chi connectivity index (χ1) is 9.65. The van der Waals surface area contributed by atoms with E-state index in [1.807, 2.05) is 6.92 Å². The molecule has 0 saturated heterocycles. The van der Waals surface area contributed by atoms with Crippen molar-refractivity contribution < 1.29 is 15.0 Å². The van der Waals surface area contributed by atoms with E-state index < -0.39 is 5.97 Å². The summed E-state index contributed by atoms with van der Waals surface area (Å²) in [6.45, 7) is 2.09. The van der Waals surface area contributed by atoms with Gasteiger partial charge in [0.2, 0.25) is 0 Å². The summed E-state index contributed by atoms with van der Waals surface area (Å²) in [5.74, 6) is -0.509. The highest BCUT2D eigenvalue weighted by atomic mass is 16.4. The summed E-state index contributed by atoms with van der Waals surface area (Å²) in [5, 5.41) is 21.6. The van der Waals surface area contributed by atoms with Crippen molar-refractivity contribution in [1.29, 1.82) is 0 Å². The van der Waals surface area contributed by atoms with Crippen molar-refractivity contribution in [2.75, 3.05) is 11.9 Å². The average Bonchev–Trinajstić information content (AvgIpc) is 2.45. The molecule has 5 heteroatoms. The minimum absolute atomic E-state index is 0.0484. The highest BCUT2D eigenvalue weighted by Gasteiger charge is 2.20. The van der Waals surface area contributed by atoms with Crippen molar-refractivity contribution in [2.45, 2.75) is 51.5 Å². The number of nitrogens with zero attached hydrogens (tertiary/aromatic N) is 1. The first-order valence-corrected chi connectivity index (χ1v) is 7.29. The number of hydrogen-bond acceptors (Lipinski definition) is 4. The zero-order chi connectivity index (χ0) is 14.5. The van der Waals surface area contributed by atoms with Crippen LogP contribution in [0.15, 0.2) is 6.07 Å². The molecule has 0 spiro atoms. The van der Waals surface area contributed by atoms with Crippen LogP contribution in [0.1, 0.15) is 54.2 Å². The van der Waals surface area contributed by atoms with Gasteiger partial charge in [0.05, 0.1) is 0 Å². The van der Waals surface area contributed by atoms with E-state index in [-0.39, 0.29) is 18.2 Å². The maximum atomic E-state index is 11.4. The lowest BCUT2D eigenvalue weighted by molar-refractivity contribution is 0.0697. The minimum atomic E-state index is -0.952. The lowest BCUT2D eigenvalue weighted by atomic mass is 9.94. The van der Waals surface area contributed by atoms with Crippen LogP contribution < -0.4 is 5.32 Å². The molecule has 0 aliphatic heterocycles. The van der Waals surface area contributed by atoms with E-state index in [1.54, 1.807) is 6.07 Å². The number of pyridine rings is 1. The molecule has 0 amide bonds. The number of aryl methyl sites for hydroxylation is 2. The molecule has 5 nitrogen and oxygen atoms in total. The summed E-state index contributed by atoms with van der Waals surface area (Å²) < 4.78 is 0. The molecule has 0 fully saturated rings. The number of aromatic carboxylic acids is 1. The number of aliphatic hydroxyl groups is 1. The fourth-order valence-corrected chi connectivity index (χ4v) is 2.63. The normalized spacial score (nSPS) is 15.5. The Bertz CT molecular complexity index is 488. The first kappa shape index (κ1) is 14.8. The molecule has 0 saturated carbocycles. The second kappa shape index (κ2) is 6.70. The molecule has 110 valence electrons. The molecule has 20 heavy (non-hydrogen) atoms. The summed E-state index contributed by atoms with van der Waals surface area (Å²) in [6.07, 6.45) is 5.45. The van der Waals surface area contributed by atoms with Gasteiger partial charge in [-0.1, -0.05) is 6.92 Å². The number of hydrogen-bond donors (Lipinski definition) is 3. The first-order valence-electron chi connectivity index (χ1n) is 7.29.